The average Bonchev–Trinajstić information content (AvgIpc) is 3.16. The molecule has 1 aliphatic rings. The molecule has 1 fully saturated rings. The first kappa shape index (κ1) is 18.0. The van der Waals surface area contributed by atoms with Crippen LogP contribution < -0.4 is 10.5 Å². The van der Waals surface area contributed by atoms with E-state index in [2.05, 4.69) is 17.1 Å². The standard InChI is InChI=1S/C16H20ClN3O2.ClH/c1-2-9-21-13-6-5-11(17)10-12(13)14-19-15(20-22-14)16(18)7-3-4-8-16;/h5-6,10H,2-4,7-9,18H2,1H3;1H. The third-order valence-electron chi connectivity index (χ3n) is 4.00. The summed E-state index contributed by atoms with van der Waals surface area (Å²) in [4.78, 5) is 4.50. The lowest BCUT2D eigenvalue weighted by atomic mass is 9.99. The molecule has 0 aliphatic heterocycles. The van der Waals surface area contributed by atoms with Crippen LogP contribution in [0, 0.1) is 0 Å². The molecule has 7 heteroatoms. The zero-order valence-corrected chi connectivity index (χ0v) is 14.6. The third-order valence-corrected chi connectivity index (χ3v) is 4.24. The molecule has 2 aromatic rings. The largest absolute Gasteiger partial charge is 0.493 e. The highest BCUT2D eigenvalue weighted by Crippen LogP contribution is 2.37. The van der Waals surface area contributed by atoms with Crippen LogP contribution in [0.3, 0.4) is 0 Å². The number of nitrogens with two attached hydrogens (primary N) is 1. The van der Waals surface area contributed by atoms with Crippen LogP contribution in [0.25, 0.3) is 11.5 Å². The topological polar surface area (TPSA) is 74.2 Å². The van der Waals surface area contributed by atoms with Crippen molar-refractivity contribution in [2.75, 3.05) is 6.61 Å². The fourth-order valence-corrected chi connectivity index (χ4v) is 2.94. The molecule has 3 rings (SSSR count). The van der Waals surface area contributed by atoms with Crippen molar-refractivity contribution in [3.05, 3.63) is 29.0 Å². The van der Waals surface area contributed by atoms with E-state index in [0.717, 1.165) is 32.1 Å². The lowest BCUT2D eigenvalue weighted by Gasteiger charge is -2.17. The summed E-state index contributed by atoms with van der Waals surface area (Å²) in [7, 11) is 0. The van der Waals surface area contributed by atoms with E-state index in [4.69, 9.17) is 26.6 Å². The fraction of sp³-hybridized carbons (Fsp3) is 0.500. The van der Waals surface area contributed by atoms with Gasteiger partial charge in [0.05, 0.1) is 17.7 Å². The van der Waals surface area contributed by atoms with E-state index in [1.54, 1.807) is 12.1 Å². The minimum atomic E-state index is -0.467. The summed E-state index contributed by atoms with van der Waals surface area (Å²) in [6.45, 7) is 2.68. The molecule has 0 amide bonds. The van der Waals surface area contributed by atoms with Crippen molar-refractivity contribution >= 4 is 24.0 Å². The molecule has 0 atom stereocenters. The molecule has 0 bridgehead atoms. The van der Waals surface area contributed by atoms with E-state index >= 15 is 0 Å². The Balaban J connectivity index is 0.00000192. The summed E-state index contributed by atoms with van der Waals surface area (Å²) in [5, 5.41) is 4.69. The number of aromatic nitrogens is 2. The Morgan fingerprint density at radius 2 is 2.09 bits per heavy atom. The van der Waals surface area contributed by atoms with Gasteiger partial charge in [-0.2, -0.15) is 4.98 Å². The van der Waals surface area contributed by atoms with Gasteiger partial charge in [-0.25, -0.2) is 0 Å². The molecule has 1 aliphatic carbocycles. The Morgan fingerprint density at radius 3 is 2.78 bits per heavy atom. The van der Waals surface area contributed by atoms with Crippen LogP contribution in [0.2, 0.25) is 5.02 Å². The molecular formula is C16H21Cl2N3O2. The number of hydrogen-bond acceptors (Lipinski definition) is 5. The number of halogens is 2. The summed E-state index contributed by atoms with van der Waals surface area (Å²) in [5.74, 6) is 1.67. The van der Waals surface area contributed by atoms with Gasteiger partial charge in [-0.1, -0.05) is 36.5 Å². The molecule has 5 nitrogen and oxygen atoms in total. The van der Waals surface area contributed by atoms with Gasteiger partial charge < -0.3 is 15.0 Å². The molecular weight excluding hydrogens is 337 g/mol. The molecule has 1 aromatic carbocycles. The first-order valence-electron chi connectivity index (χ1n) is 7.68. The smallest absolute Gasteiger partial charge is 0.261 e. The fourth-order valence-electron chi connectivity index (χ4n) is 2.77. The van der Waals surface area contributed by atoms with Gasteiger partial charge in [-0.15, -0.1) is 12.4 Å². The van der Waals surface area contributed by atoms with Gasteiger partial charge >= 0.3 is 0 Å². The molecule has 0 spiro atoms. The molecule has 0 radical (unpaired) electrons. The highest BCUT2D eigenvalue weighted by Gasteiger charge is 2.36. The van der Waals surface area contributed by atoms with Crippen LogP contribution >= 0.6 is 24.0 Å². The molecule has 2 N–H and O–H groups in total. The van der Waals surface area contributed by atoms with Crippen LogP contribution in [0.1, 0.15) is 44.9 Å². The van der Waals surface area contributed by atoms with Gasteiger partial charge in [-0.3, -0.25) is 0 Å². The highest BCUT2D eigenvalue weighted by atomic mass is 35.5. The van der Waals surface area contributed by atoms with Crippen molar-refractivity contribution in [2.45, 2.75) is 44.6 Å². The summed E-state index contributed by atoms with van der Waals surface area (Å²) >= 11 is 6.09. The van der Waals surface area contributed by atoms with E-state index in [0.29, 0.717) is 34.7 Å². The monoisotopic (exact) mass is 357 g/mol. The highest BCUT2D eigenvalue weighted by molar-refractivity contribution is 6.30. The number of rotatable bonds is 5. The Hall–Kier alpha value is -1.30. The Labute approximate surface area is 146 Å². The maximum absolute atomic E-state index is 6.38. The van der Waals surface area contributed by atoms with Gasteiger partial charge in [0.25, 0.3) is 5.89 Å². The van der Waals surface area contributed by atoms with E-state index in [-0.39, 0.29) is 12.4 Å². The summed E-state index contributed by atoms with van der Waals surface area (Å²) < 4.78 is 11.2. The summed E-state index contributed by atoms with van der Waals surface area (Å²) in [5.41, 5.74) is 6.62. The molecule has 23 heavy (non-hydrogen) atoms. The summed E-state index contributed by atoms with van der Waals surface area (Å²) in [6, 6.07) is 5.39. The van der Waals surface area contributed by atoms with Crippen LogP contribution in [0.15, 0.2) is 22.7 Å². The number of ether oxygens (including phenoxy) is 1. The SMILES string of the molecule is CCCOc1ccc(Cl)cc1-c1nc(C2(N)CCCC2)no1.Cl. The van der Waals surface area contributed by atoms with Crippen LogP contribution in [0.5, 0.6) is 5.75 Å². The number of hydrogen-bond donors (Lipinski definition) is 1. The minimum Gasteiger partial charge on any atom is -0.493 e. The average molecular weight is 358 g/mol. The van der Waals surface area contributed by atoms with Gasteiger partial charge in [0, 0.05) is 5.02 Å². The maximum atomic E-state index is 6.38. The number of nitrogens with zero attached hydrogens (tertiary/aromatic N) is 2. The normalized spacial score (nSPS) is 16.1. The third kappa shape index (κ3) is 3.79. The van der Waals surface area contributed by atoms with Gasteiger partial charge in [-0.05, 0) is 37.5 Å². The first-order chi connectivity index (χ1) is 10.6. The Kier molecular flexibility index (Phi) is 5.89. The maximum Gasteiger partial charge on any atom is 0.261 e. The van der Waals surface area contributed by atoms with Crippen molar-refractivity contribution in [3.8, 4) is 17.2 Å². The van der Waals surface area contributed by atoms with Gasteiger partial charge in [0.15, 0.2) is 5.82 Å². The molecule has 126 valence electrons. The minimum absolute atomic E-state index is 0. The van der Waals surface area contributed by atoms with Crippen molar-refractivity contribution < 1.29 is 9.26 Å². The van der Waals surface area contributed by atoms with Gasteiger partial charge in [0.2, 0.25) is 0 Å². The molecule has 0 saturated heterocycles. The second kappa shape index (κ2) is 7.51. The zero-order valence-electron chi connectivity index (χ0n) is 13.0. The molecule has 1 aromatic heterocycles. The second-order valence-electron chi connectivity index (χ2n) is 5.78. The van der Waals surface area contributed by atoms with E-state index in [9.17, 15) is 0 Å². The van der Waals surface area contributed by atoms with Crippen molar-refractivity contribution in [1.29, 1.82) is 0 Å². The molecule has 1 heterocycles. The second-order valence-corrected chi connectivity index (χ2v) is 6.21. The predicted molar refractivity (Wildman–Crippen MR) is 92.1 cm³/mol. The van der Waals surface area contributed by atoms with E-state index < -0.39 is 5.54 Å². The Morgan fingerprint density at radius 1 is 1.35 bits per heavy atom. The van der Waals surface area contributed by atoms with E-state index in [1.165, 1.54) is 0 Å². The zero-order chi connectivity index (χ0) is 15.6. The first-order valence-corrected chi connectivity index (χ1v) is 8.06. The summed E-state index contributed by atoms with van der Waals surface area (Å²) in [6.07, 6.45) is 4.90. The lowest BCUT2D eigenvalue weighted by Crippen LogP contribution is -2.34. The van der Waals surface area contributed by atoms with Crippen molar-refractivity contribution in [3.63, 3.8) is 0 Å². The predicted octanol–water partition coefficient (Wildman–Crippen LogP) is 4.33. The van der Waals surface area contributed by atoms with E-state index in [1.807, 2.05) is 6.07 Å². The van der Waals surface area contributed by atoms with Crippen LogP contribution in [-0.2, 0) is 5.54 Å². The lowest BCUT2D eigenvalue weighted by molar-refractivity contribution is 0.316. The molecule has 0 unspecified atom stereocenters. The van der Waals surface area contributed by atoms with Crippen LogP contribution in [0.4, 0.5) is 0 Å². The number of benzene rings is 1. The van der Waals surface area contributed by atoms with Crippen LogP contribution in [-0.4, -0.2) is 16.7 Å². The molecule has 1 saturated carbocycles. The van der Waals surface area contributed by atoms with Gasteiger partial charge in [0.1, 0.15) is 5.75 Å². The van der Waals surface area contributed by atoms with Crippen molar-refractivity contribution in [1.82, 2.24) is 10.1 Å². The quantitative estimate of drug-likeness (QED) is 0.861. The van der Waals surface area contributed by atoms with Crippen molar-refractivity contribution in [2.24, 2.45) is 5.73 Å². The Bertz CT molecular complexity index is 655.